The van der Waals surface area contributed by atoms with E-state index in [1.54, 1.807) is 12.4 Å². The van der Waals surface area contributed by atoms with E-state index in [4.69, 9.17) is 0 Å². The quantitative estimate of drug-likeness (QED) is 0.370. The standard InChI is InChI=1S/C23H22N8O2S2/c32-18(12-16-5-1-3-9-24-16)26-22-30-28-20(34-22)14-7-8-15(11-14)21-29-31-23(35-21)27-19(33)13-17-6-2-4-10-25-17/h1-6,9-10,14-15H,7-8,11-13H2,(H,26,30,32)(H,27,31,33). The summed E-state index contributed by atoms with van der Waals surface area (Å²) in [6, 6.07) is 11.0. The molecule has 4 aromatic heterocycles. The average Bonchev–Trinajstić information content (AvgIpc) is 3.61. The third-order valence-corrected chi connectivity index (χ3v) is 7.64. The van der Waals surface area contributed by atoms with Crippen LogP contribution in [-0.2, 0) is 22.4 Å². The third-order valence-electron chi connectivity index (χ3n) is 5.64. The second kappa shape index (κ2) is 10.7. The second-order valence-electron chi connectivity index (χ2n) is 8.19. The minimum atomic E-state index is -0.165. The molecule has 2 atom stereocenters. The van der Waals surface area contributed by atoms with Gasteiger partial charge < -0.3 is 10.6 Å². The molecule has 0 spiro atoms. The summed E-state index contributed by atoms with van der Waals surface area (Å²) in [4.78, 5) is 32.9. The highest BCUT2D eigenvalue weighted by molar-refractivity contribution is 7.15. The van der Waals surface area contributed by atoms with Crippen molar-refractivity contribution in [1.82, 2.24) is 30.4 Å². The molecule has 1 aliphatic rings. The summed E-state index contributed by atoms with van der Waals surface area (Å²) in [5.74, 6) is 0.180. The zero-order valence-corrected chi connectivity index (χ0v) is 20.3. The van der Waals surface area contributed by atoms with E-state index in [0.29, 0.717) is 21.7 Å². The van der Waals surface area contributed by atoms with Gasteiger partial charge in [0.05, 0.1) is 12.8 Å². The van der Waals surface area contributed by atoms with Crippen molar-refractivity contribution in [2.45, 2.75) is 43.9 Å². The molecule has 0 aliphatic heterocycles. The molecule has 1 aliphatic carbocycles. The summed E-state index contributed by atoms with van der Waals surface area (Å²) in [5.41, 5.74) is 1.41. The summed E-state index contributed by atoms with van der Waals surface area (Å²) in [6.45, 7) is 0. The maximum absolute atomic E-state index is 12.3. The molecular weight excluding hydrogens is 484 g/mol. The fraction of sp³-hybridized carbons (Fsp3) is 0.304. The van der Waals surface area contributed by atoms with Crippen LogP contribution in [0.2, 0.25) is 0 Å². The molecule has 12 heteroatoms. The number of carbonyl (C=O) groups is 2. The van der Waals surface area contributed by atoms with Crippen molar-refractivity contribution in [3.05, 3.63) is 70.2 Å². The number of hydrogen-bond acceptors (Lipinski definition) is 10. The summed E-state index contributed by atoms with van der Waals surface area (Å²) in [7, 11) is 0. The molecule has 10 nitrogen and oxygen atoms in total. The van der Waals surface area contributed by atoms with Crippen molar-refractivity contribution < 1.29 is 9.59 Å². The van der Waals surface area contributed by atoms with Crippen LogP contribution in [-0.4, -0.2) is 42.2 Å². The van der Waals surface area contributed by atoms with Crippen LogP contribution < -0.4 is 10.6 Å². The molecule has 2 amide bonds. The maximum atomic E-state index is 12.3. The van der Waals surface area contributed by atoms with Crippen molar-refractivity contribution in [2.75, 3.05) is 10.6 Å². The Morgan fingerprint density at radius 2 is 1.23 bits per heavy atom. The first-order chi connectivity index (χ1) is 17.1. The van der Waals surface area contributed by atoms with Gasteiger partial charge in [-0.2, -0.15) is 0 Å². The molecule has 4 aromatic rings. The molecule has 5 rings (SSSR count). The Bertz CT molecular complexity index is 1200. The smallest absolute Gasteiger partial charge is 0.232 e. The number of aromatic nitrogens is 6. The van der Waals surface area contributed by atoms with Crippen LogP contribution >= 0.6 is 22.7 Å². The summed E-state index contributed by atoms with van der Waals surface area (Å²) >= 11 is 2.82. The SMILES string of the molecule is O=C(Cc1ccccn1)Nc1nnc(C2CCC(c3nnc(NC(=O)Cc4ccccn4)s3)C2)s1. The van der Waals surface area contributed by atoms with Gasteiger partial charge in [-0.25, -0.2) is 0 Å². The lowest BCUT2D eigenvalue weighted by molar-refractivity contribution is -0.116. The zero-order chi connectivity index (χ0) is 24.0. The Morgan fingerprint density at radius 3 is 1.66 bits per heavy atom. The van der Waals surface area contributed by atoms with E-state index >= 15 is 0 Å². The van der Waals surface area contributed by atoms with Crippen LogP contribution in [0.15, 0.2) is 48.8 Å². The fourth-order valence-electron chi connectivity index (χ4n) is 3.99. The molecule has 35 heavy (non-hydrogen) atoms. The first-order valence-corrected chi connectivity index (χ1v) is 12.8. The number of nitrogens with zero attached hydrogens (tertiary/aromatic N) is 6. The van der Waals surface area contributed by atoms with E-state index < -0.39 is 0 Å². The number of rotatable bonds is 8. The van der Waals surface area contributed by atoms with Crippen molar-refractivity contribution in [2.24, 2.45) is 0 Å². The van der Waals surface area contributed by atoms with Crippen LogP contribution in [0.4, 0.5) is 10.3 Å². The number of hydrogen-bond donors (Lipinski definition) is 2. The van der Waals surface area contributed by atoms with Crippen LogP contribution in [0, 0.1) is 0 Å². The van der Waals surface area contributed by atoms with Crippen molar-refractivity contribution in [3.63, 3.8) is 0 Å². The van der Waals surface area contributed by atoms with Crippen LogP contribution in [0.1, 0.15) is 52.5 Å². The molecule has 0 saturated heterocycles. The van der Waals surface area contributed by atoms with E-state index in [1.807, 2.05) is 36.4 Å². The first kappa shape index (κ1) is 23.1. The lowest BCUT2D eigenvalue weighted by Gasteiger charge is -2.05. The number of pyridine rings is 2. The van der Waals surface area contributed by atoms with Gasteiger partial charge in [0, 0.05) is 35.6 Å². The molecule has 0 radical (unpaired) electrons. The monoisotopic (exact) mass is 506 g/mol. The van der Waals surface area contributed by atoms with Gasteiger partial charge >= 0.3 is 0 Å². The highest BCUT2D eigenvalue weighted by Gasteiger charge is 2.32. The lowest BCUT2D eigenvalue weighted by Crippen LogP contribution is -2.14. The molecule has 4 heterocycles. The van der Waals surface area contributed by atoms with E-state index in [9.17, 15) is 9.59 Å². The topological polar surface area (TPSA) is 136 Å². The van der Waals surface area contributed by atoms with Gasteiger partial charge in [-0.3, -0.25) is 19.6 Å². The van der Waals surface area contributed by atoms with Gasteiger partial charge in [-0.1, -0.05) is 34.8 Å². The van der Waals surface area contributed by atoms with E-state index in [2.05, 4.69) is 41.0 Å². The summed E-state index contributed by atoms with van der Waals surface area (Å²) < 4.78 is 0. The van der Waals surface area contributed by atoms with Crippen LogP contribution in [0.3, 0.4) is 0 Å². The minimum Gasteiger partial charge on any atom is -0.300 e. The normalized spacial score (nSPS) is 17.3. The molecule has 0 bridgehead atoms. The number of nitrogens with one attached hydrogen (secondary N) is 2. The molecular formula is C23H22N8O2S2. The van der Waals surface area contributed by atoms with E-state index in [0.717, 1.165) is 29.3 Å². The Hall–Kier alpha value is -3.64. The molecule has 0 aromatic carbocycles. The first-order valence-electron chi connectivity index (χ1n) is 11.2. The van der Waals surface area contributed by atoms with Crippen molar-refractivity contribution >= 4 is 44.8 Å². The van der Waals surface area contributed by atoms with Gasteiger partial charge in [0.15, 0.2) is 0 Å². The largest absolute Gasteiger partial charge is 0.300 e. The zero-order valence-electron chi connectivity index (χ0n) is 18.6. The predicted molar refractivity (Wildman–Crippen MR) is 132 cm³/mol. The van der Waals surface area contributed by atoms with Gasteiger partial charge in [-0.05, 0) is 43.5 Å². The van der Waals surface area contributed by atoms with Crippen LogP contribution in [0.25, 0.3) is 0 Å². The Balaban J connectivity index is 1.13. The van der Waals surface area contributed by atoms with Crippen LogP contribution in [0.5, 0.6) is 0 Å². The fourth-order valence-corrected chi connectivity index (χ4v) is 5.81. The molecule has 178 valence electrons. The lowest BCUT2D eigenvalue weighted by atomic mass is 10.1. The Labute approximate surface area is 209 Å². The Morgan fingerprint density at radius 1 is 0.743 bits per heavy atom. The number of carbonyl (C=O) groups excluding carboxylic acids is 2. The van der Waals surface area contributed by atoms with Gasteiger partial charge in [0.2, 0.25) is 22.1 Å². The molecule has 1 saturated carbocycles. The highest BCUT2D eigenvalue weighted by atomic mass is 32.1. The molecule has 2 unspecified atom stereocenters. The summed E-state index contributed by atoms with van der Waals surface area (Å²) in [5, 5.41) is 25.4. The second-order valence-corrected chi connectivity index (χ2v) is 10.2. The minimum absolute atomic E-state index is 0.165. The van der Waals surface area contributed by atoms with Gasteiger partial charge in [0.1, 0.15) is 10.0 Å². The summed E-state index contributed by atoms with van der Waals surface area (Å²) in [6.07, 6.45) is 6.52. The number of amides is 2. The molecule has 2 N–H and O–H groups in total. The molecule has 1 fully saturated rings. The highest BCUT2D eigenvalue weighted by Crippen LogP contribution is 2.45. The van der Waals surface area contributed by atoms with Gasteiger partial charge in [0.25, 0.3) is 0 Å². The predicted octanol–water partition coefficient (Wildman–Crippen LogP) is 3.59. The van der Waals surface area contributed by atoms with Crippen molar-refractivity contribution in [1.29, 1.82) is 0 Å². The third kappa shape index (κ3) is 6.08. The van der Waals surface area contributed by atoms with Gasteiger partial charge in [-0.15, -0.1) is 20.4 Å². The van der Waals surface area contributed by atoms with E-state index in [-0.39, 0.29) is 36.5 Å². The number of anilines is 2. The van der Waals surface area contributed by atoms with Crippen molar-refractivity contribution in [3.8, 4) is 0 Å². The average molecular weight is 507 g/mol. The van der Waals surface area contributed by atoms with E-state index in [1.165, 1.54) is 22.7 Å². The maximum Gasteiger partial charge on any atom is 0.232 e. The Kier molecular flexibility index (Phi) is 7.09.